The number of carboxylic acid groups (broad SMARTS) is 1. The molecule has 1 saturated heterocycles. The molecular weight excluding hydrogens is 734 g/mol. The molecule has 3 aromatic rings. The maximum Gasteiger partial charge on any atom is 0.317 e. The van der Waals surface area contributed by atoms with E-state index in [-0.39, 0.29) is 50.2 Å². The first-order valence-corrected chi connectivity index (χ1v) is 18.7. The lowest BCUT2D eigenvalue weighted by Gasteiger charge is -2.50. The molecule has 16 heteroatoms. The summed E-state index contributed by atoms with van der Waals surface area (Å²) >= 11 is 0. The van der Waals surface area contributed by atoms with E-state index in [2.05, 4.69) is 13.8 Å². The summed E-state index contributed by atoms with van der Waals surface area (Å²) < 4.78 is 42.1. The Bertz CT molecular complexity index is 1990. The van der Waals surface area contributed by atoms with Crippen LogP contribution in [0.25, 0.3) is 0 Å². The SMILES string of the molecule is CC(C)Cc1c2c(cc3c1O[C@@H]1c4cc5c(cc4OC[C@@H]31)[C@H](c1cccc(O)c1)CC[C@]1(OO5)[C@H](OCCN)O[C@H](COC(=O)CC(=O)O)[C@@H](O)[C@@H]1O)OCO2. The topological polar surface area (TPSA) is 224 Å². The van der Waals surface area contributed by atoms with Crippen molar-refractivity contribution in [1.29, 1.82) is 0 Å². The number of phenols is 1. The molecule has 5 aliphatic heterocycles. The smallest absolute Gasteiger partial charge is 0.317 e. The van der Waals surface area contributed by atoms with Crippen molar-refractivity contribution in [1.82, 2.24) is 0 Å². The molecule has 0 radical (unpaired) electrons. The van der Waals surface area contributed by atoms with Gasteiger partial charge in [-0.15, -0.1) is 0 Å². The lowest BCUT2D eigenvalue weighted by atomic mass is 9.77. The molecule has 300 valence electrons. The Balaban J connectivity index is 1.16. The lowest BCUT2D eigenvalue weighted by Crippen LogP contribution is -2.69. The molecule has 1 spiro atoms. The van der Waals surface area contributed by atoms with Crippen LogP contribution in [0.15, 0.2) is 42.5 Å². The highest BCUT2D eigenvalue weighted by Gasteiger charge is 2.60. The van der Waals surface area contributed by atoms with Crippen molar-refractivity contribution in [2.75, 3.05) is 33.2 Å². The van der Waals surface area contributed by atoms with E-state index in [0.29, 0.717) is 47.3 Å². The number of aromatic hydroxyl groups is 1. The number of aliphatic carboxylic acids is 1. The summed E-state index contributed by atoms with van der Waals surface area (Å²) in [5, 5.41) is 42.7. The quantitative estimate of drug-likeness (QED) is 0.113. The number of phenolic OH excluding ortho intramolecular Hbond substituents is 1. The van der Waals surface area contributed by atoms with Crippen LogP contribution in [0.4, 0.5) is 0 Å². The molecule has 6 N–H and O–H groups in total. The zero-order chi connectivity index (χ0) is 39.3. The van der Waals surface area contributed by atoms with Gasteiger partial charge in [-0.2, -0.15) is 4.89 Å². The molecule has 0 amide bonds. The first-order chi connectivity index (χ1) is 27.0. The fraction of sp³-hybridized carbons (Fsp3) is 0.500. The second kappa shape index (κ2) is 15.2. The molecule has 5 aliphatic rings. The van der Waals surface area contributed by atoms with Gasteiger partial charge in [0.2, 0.25) is 6.79 Å². The Kier molecular flexibility index (Phi) is 10.4. The number of aliphatic hydroxyl groups is 2. The number of carbonyl (C=O) groups excluding carboxylic acids is 1. The van der Waals surface area contributed by atoms with E-state index >= 15 is 0 Å². The average molecular weight is 780 g/mol. The number of benzene rings is 3. The molecule has 0 aliphatic carbocycles. The van der Waals surface area contributed by atoms with E-state index in [1.165, 1.54) is 0 Å². The third kappa shape index (κ3) is 6.83. The van der Waals surface area contributed by atoms with Gasteiger partial charge >= 0.3 is 11.9 Å². The molecule has 1 fully saturated rings. The third-order valence-corrected chi connectivity index (χ3v) is 11.0. The van der Waals surface area contributed by atoms with Gasteiger partial charge in [0.05, 0.1) is 19.1 Å². The number of ether oxygens (including phenoxy) is 7. The second-order valence-corrected chi connectivity index (χ2v) is 15.2. The van der Waals surface area contributed by atoms with E-state index < -0.39 is 67.2 Å². The highest BCUT2D eigenvalue weighted by Crippen LogP contribution is 2.58. The van der Waals surface area contributed by atoms with Crippen molar-refractivity contribution in [3.05, 3.63) is 70.3 Å². The lowest BCUT2D eigenvalue weighted by molar-refractivity contribution is -0.422. The first-order valence-electron chi connectivity index (χ1n) is 18.7. The van der Waals surface area contributed by atoms with Crippen LogP contribution in [0.5, 0.6) is 34.5 Å². The summed E-state index contributed by atoms with van der Waals surface area (Å²) in [4.78, 5) is 35.4. The van der Waals surface area contributed by atoms with Gasteiger partial charge < -0.3 is 64.2 Å². The van der Waals surface area contributed by atoms with E-state index in [9.17, 15) is 24.9 Å². The third-order valence-electron chi connectivity index (χ3n) is 11.0. The number of hydrogen-bond acceptors (Lipinski definition) is 15. The van der Waals surface area contributed by atoms with E-state index in [1.54, 1.807) is 24.3 Å². The summed E-state index contributed by atoms with van der Waals surface area (Å²) in [6, 6.07) is 12.4. The molecule has 56 heavy (non-hydrogen) atoms. The molecule has 0 unspecified atom stereocenters. The first kappa shape index (κ1) is 38.1. The number of aliphatic hydroxyl groups excluding tert-OH is 2. The van der Waals surface area contributed by atoms with Gasteiger partial charge in [0.15, 0.2) is 29.1 Å². The minimum absolute atomic E-state index is 0.000246. The van der Waals surface area contributed by atoms with Crippen molar-refractivity contribution in [2.24, 2.45) is 11.7 Å². The summed E-state index contributed by atoms with van der Waals surface area (Å²) in [7, 11) is 0. The predicted octanol–water partition coefficient (Wildman–Crippen LogP) is 3.34. The summed E-state index contributed by atoms with van der Waals surface area (Å²) in [5.74, 6) is 0.237. The number of esters is 1. The molecule has 8 rings (SSSR count). The second-order valence-electron chi connectivity index (χ2n) is 15.2. The van der Waals surface area contributed by atoms with Gasteiger partial charge in [-0.3, -0.25) is 9.59 Å². The molecule has 0 saturated carbocycles. The Hall–Kier alpha value is -4.84. The number of rotatable bonds is 10. The van der Waals surface area contributed by atoms with E-state index in [1.807, 2.05) is 18.2 Å². The fourth-order valence-corrected chi connectivity index (χ4v) is 8.38. The Morgan fingerprint density at radius 1 is 1.00 bits per heavy atom. The van der Waals surface area contributed by atoms with Gasteiger partial charge in [0.25, 0.3) is 0 Å². The number of nitrogens with two attached hydrogens (primary N) is 1. The Labute approximate surface area is 321 Å². The monoisotopic (exact) mass is 779 g/mol. The zero-order valence-corrected chi connectivity index (χ0v) is 30.9. The highest BCUT2D eigenvalue weighted by molar-refractivity contribution is 5.90. The number of fused-ring (bicyclic) bond motifs is 7. The molecule has 0 aromatic heterocycles. The fourth-order valence-electron chi connectivity index (χ4n) is 8.38. The van der Waals surface area contributed by atoms with Crippen molar-refractivity contribution in [2.45, 2.75) is 87.7 Å². The number of carboxylic acids is 1. The van der Waals surface area contributed by atoms with Crippen LogP contribution in [0, 0.1) is 5.92 Å². The molecule has 3 aromatic carbocycles. The van der Waals surface area contributed by atoms with Crippen LogP contribution >= 0.6 is 0 Å². The van der Waals surface area contributed by atoms with Crippen LogP contribution in [0.1, 0.15) is 78.9 Å². The summed E-state index contributed by atoms with van der Waals surface area (Å²) in [5.41, 5.74) is 7.93. The standard InChI is InChI=1S/C40H45NO15/c1-19(2)10-26-35-24(13-30-37(26)52-18-51-30)27-16-49-28-12-23-22(20-4-3-5-21(42)11-20)6-7-40(56-55-29(23)14-25(28)36(27)54-35)38(47)34(46)31(53-39(40)48-9-8-41)17-50-33(45)15-32(43)44/h3-5,11-14,19,22,27,31,34,36,38-39,42,46-47H,6-10,15-18,41H2,1-2H3,(H,43,44)/t22-,27-,31+,34+,36+,38-,39+,40+/m0/s1. The van der Waals surface area contributed by atoms with E-state index in [4.69, 9.17) is 53.8 Å². The van der Waals surface area contributed by atoms with Crippen LogP contribution in [0.3, 0.4) is 0 Å². The predicted molar refractivity (Wildman–Crippen MR) is 192 cm³/mol. The normalized spacial score (nSPS) is 28.4. The maximum absolute atomic E-state index is 12.0. The largest absolute Gasteiger partial charge is 0.508 e. The maximum atomic E-state index is 12.0. The molecule has 16 nitrogen and oxygen atoms in total. The van der Waals surface area contributed by atoms with Crippen molar-refractivity contribution in [3.8, 4) is 34.5 Å². The van der Waals surface area contributed by atoms with Gasteiger partial charge in [0.1, 0.15) is 54.7 Å². The Morgan fingerprint density at radius 3 is 2.57 bits per heavy atom. The van der Waals surface area contributed by atoms with Gasteiger partial charge in [0, 0.05) is 34.7 Å². The minimum atomic E-state index is -1.86. The van der Waals surface area contributed by atoms with Crippen molar-refractivity contribution in [3.63, 3.8) is 0 Å². The van der Waals surface area contributed by atoms with Gasteiger partial charge in [-0.25, -0.2) is 0 Å². The van der Waals surface area contributed by atoms with Crippen molar-refractivity contribution < 1.29 is 72.9 Å². The molecule has 0 bridgehead atoms. The van der Waals surface area contributed by atoms with Crippen LogP contribution in [0.2, 0.25) is 0 Å². The zero-order valence-electron chi connectivity index (χ0n) is 30.9. The van der Waals surface area contributed by atoms with Crippen LogP contribution in [-0.2, 0) is 35.1 Å². The van der Waals surface area contributed by atoms with Gasteiger partial charge in [-0.05, 0) is 61.1 Å². The number of hydrogen-bond donors (Lipinski definition) is 5. The highest BCUT2D eigenvalue weighted by atomic mass is 17.2. The van der Waals surface area contributed by atoms with Crippen LogP contribution in [-0.4, -0.2) is 95.7 Å². The minimum Gasteiger partial charge on any atom is -0.508 e. The summed E-state index contributed by atoms with van der Waals surface area (Å²) in [6.45, 7) is 4.19. The van der Waals surface area contributed by atoms with Crippen LogP contribution < -0.4 is 29.6 Å². The number of carbonyl (C=O) groups is 2. The summed E-state index contributed by atoms with van der Waals surface area (Å²) in [6.07, 6.45) is -6.52. The van der Waals surface area contributed by atoms with Crippen molar-refractivity contribution >= 4 is 11.9 Å². The molecule has 8 atom stereocenters. The van der Waals surface area contributed by atoms with E-state index in [0.717, 1.165) is 22.4 Å². The average Bonchev–Trinajstić information content (AvgIpc) is 3.79. The molecule has 5 heterocycles. The Morgan fingerprint density at radius 2 is 1.80 bits per heavy atom. The van der Waals surface area contributed by atoms with Gasteiger partial charge in [-0.1, -0.05) is 26.0 Å². The molecular formula is C40H45NO15.